The molecule has 0 saturated heterocycles. The second-order valence-corrected chi connectivity index (χ2v) is 7.86. The van der Waals surface area contributed by atoms with E-state index in [1.807, 2.05) is 13.8 Å². The highest BCUT2D eigenvalue weighted by molar-refractivity contribution is 7.88. The van der Waals surface area contributed by atoms with Crippen LogP contribution in [-0.2, 0) is 10.0 Å². The Labute approximate surface area is 143 Å². The molecule has 0 spiro atoms. The summed E-state index contributed by atoms with van der Waals surface area (Å²) in [6.45, 7) is 9.40. The minimum atomic E-state index is -3.48. The van der Waals surface area contributed by atoms with Gasteiger partial charge in [0.05, 0.1) is 12.0 Å². The van der Waals surface area contributed by atoms with E-state index < -0.39 is 10.0 Å². The Kier molecular flexibility index (Phi) is 6.31. The summed E-state index contributed by atoms with van der Waals surface area (Å²) in [7, 11) is -2.11. The Morgan fingerprint density at radius 3 is 2.21 bits per heavy atom. The number of aliphatic imine (C=N–C) groups is 1. The highest BCUT2D eigenvalue weighted by atomic mass is 32.2. The van der Waals surface area contributed by atoms with E-state index in [-0.39, 0.29) is 17.6 Å². The second-order valence-electron chi connectivity index (χ2n) is 5.85. The van der Waals surface area contributed by atoms with Crippen molar-refractivity contribution in [2.24, 2.45) is 16.6 Å². The SMILES string of the molecule is C=C(/N=C(\C(C)=C(/N)C(C)C)c1ccc(F)cc1)N(C)S(C)(=O)=O. The molecule has 132 valence electrons. The molecule has 1 aromatic rings. The van der Waals surface area contributed by atoms with Gasteiger partial charge in [-0.2, -0.15) is 0 Å². The Morgan fingerprint density at radius 1 is 1.29 bits per heavy atom. The first-order valence-corrected chi connectivity index (χ1v) is 9.24. The lowest BCUT2D eigenvalue weighted by molar-refractivity contribution is 0.529. The van der Waals surface area contributed by atoms with Gasteiger partial charge in [-0.05, 0) is 42.7 Å². The minimum absolute atomic E-state index is 0.0488. The van der Waals surface area contributed by atoms with Gasteiger partial charge in [0.1, 0.15) is 11.6 Å². The lowest BCUT2D eigenvalue weighted by Crippen LogP contribution is -2.24. The fraction of sp³-hybridized carbons (Fsp3) is 0.353. The molecule has 0 fully saturated rings. The van der Waals surface area contributed by atoms with Crippen LogP contribution in [0.25, 0.3) is 0 Å². The predicted molar refractivity (Wildman–Crippen MR) is 96.4 cm³/mol. The van der Waals surface area contributed by atoms with E-state index in [4.69, 9.17) is 5.73 Å². The first kappa shape index (κ1) is 19.9. The number of halogens is 1. The van der Waals surface area contributed by atoms with Crippen LogP contribution in [0.15, 0.2) is 52.9 Å². The molecule has 24 heavy (non-hydrogen) atoms. The van der Waals surface area contributed by atoms with E-state index in [2.05, 4.69) is 11.6 Å². The number of rotatable bonds is 6. The highest BCUT2D eigenvalue weighted by Gasteiger charge is 2.17. The van der Waals surface area contributed by atoms with Gasteiger partial charge in [0.2, 0.25) is 10.0 Å². The van der Waals surface area contributed by atoms with Gasteiger partial charge in [0.15, 0.2) is 0 Å². The molecule has 0 aliphatic carbocycles. The quantitative estimate of drug-likeness (QED) is 0.799. The van der Waals surface area contributed by atoms with Crippen molar-refractivity contribution in [2.75, 3.05) is 13.3 Å². The largest absolute Gasteiger partial charge is 0.402 e. The zero-order valence-corrected chi connectivity index (χ0v) is 15.5. The van der Waals surface area contributed by atoms with E-state index in [1.165, 1.54) is 19.2 Å². The third kappa shape index (κ3) is 4.92. The lowest BCUT2D eigenvalue weighted by Gasteiger charge is -2.19. The molecule has 7 heteroatoms. The number of hydrogen-bond donors (Lipinski definition) is 1. The van der Waals surface area contributed by atoms with Gasteiger partial charge in [-0.25, -0.2) is 17.8 Å². The van der Waals surface area contributed by atoms with Gasteiger partial charge in [-0.1, -0.05) is 20.4 Å². The van der Waals surface area contributed by atoms with Gasteiger partial charge in [0.25, 0.3) is 0 Å². The van der Waals surface area contributed by atoms with Gasteiger partial charge in [-0.15, -0.1) is 0 Å². The summed E-state index contributed by atoms with van der Waals surface area (Å²) < 4.78 is 37.5. The molecule has 0 aromatic heterocycles. The number of hydrogen-bond acceptors (Lipinski definition) is 4. The van der Waals surface area contributed by atoms with Crippen molar-refractivity contribution in [3.63, 3.8) is 0 Å². The van der Waals surface area contributed by atoms with Crippen molar-refractivity contribution >= 4 is 15.7 Å². The normalized spacial score (nSPS) is 13.7. The molecular formula is C17H24FN3O2S. The molecule has 1 rings (SSSR count). The number of benzene rings is 1. The maximum atomic E-state index is 13.2. The van der Waals surface area contributed by atoms with Crippen molar-refractivity contribution in [3.8, 4) is 0 Å². The zero-order valence-electron chi connectivity index (χ0n) is 14.7. The van der Waals surface area contributed by atoms with Crippen LogP contribution in [0.5, 0.6) is 0 Å². The predicted octanol–water partition coefficient (Wildman–Crippen LogP) is 2.87. The van der Waals surface area contributed by atoms with Crippen molar-refractivity contribution in [2.45, 2.75) is 20.8 Å². The standard InChI is InChI=1S/C17H24FN3O2S/c1-11(2)16(19)12(3)17(14-7-9-15(18)10-8-14)20-13(4)21(5)24(6,22)23/h7-11H,4,19H2,1-3,5-6H3/b16-12-,20-17+. The number of sulfonamides is 1. The van der Waals surface area contributed by atoms with Crippen LogP contribution >= 0.6 is 0 Å². The number of nitrogens with two attached hydrogens (primary N) is 1. The van der Waals surface area contributed by atoms with Gasteiger partial charge in [-0.3, -0.25) is 4.31 Å². The van der Waals surface area contributed by atoms with Crippen molar-refractivity contribution < 1.29 is 12.8 Å². The van der Waals surface area contributed by atoms with E-state index in [0.29, 0.717) is 22.5 Å². The average Bonchev–Trinajstić information content (AvgIpc) is 2.50. The van der Waals surface area contributed by atoms with Crippen LogP contribution in [0.3, 0.4) is 0 Å². The van der Waals surface area contributed by atoms with Gasteiger partial charge in [0, 0.05) is 18.3 Å². The van der Waals surface area contributed by atoms with Crippen molar-refractivity contribution in [1.29, 1.82) is 0 Å². The van der Waals surface area contributed by atoms with E-state index >= 15 is 0 Å². The Balaban J connectivity index is 3.50. The van der Waals surface area contributed by atoms with Crippen LogP contribution < -0.4 is 5.73 Å². The summed E-state index contributed by atoms with van der Waals surface area (Å²) in [4.78, 5) is 4.35. The Hall–Kier alpha value is -2.15. The number of nitrogens with zero attached hydrogens (tertiary/aromatic N) is 2. The molecule has 0 unspecified atom stereocenters. The Morgan fingerprint density at radius 2 is 1.79 bits per heavy atom. The van der Waals surface area contributed by atoms with Crippen LogP contribution in [0.2, 0.25) is 0 Å². The molecule has 2 N–H and O–H groups in total. The van der Waals surface area contributed by atoms with E-state index in [1.54, 1.807) is 19.1 Å². The van der Waals surface area contributed by atoms with Gasteiger partial charge >= 0.3 is 0 Å². The molecule has 0 heterocycles. The monoisotopic (exact) mass is 353 g/mol. The lowest BCUT2D eigenvalue weighted by atomic mass is 9.97. The maximum Gasteiger partial charge on any atom is 0.233 e. The van der Waals surface area contributed by atoms with E-state index in [9.17, 15) is 12.8 Å². The molecule has 0 amide bonds. The summed E-state index contributed by atoms with van der Waals surface area (Å²) >= 11 is 0. The number of allylic oxidation sites excluding steroid dienone is 2. The fourth-order valence-electron chi connectivity index (χ4n) is 1.93. The third-order valence-corrected chi connectivity index (χ3v) is 4.84. The molecule has 0 saturated carbocycles. The van der Waals surface area contributed by atoms with Crippen LogP contribution in [-0.4, -0.2) is 31.7 Å². The van der Waals surface area contributed by atoms with Crippen molar-refractivity contribution in [1.82, 2.24) is 4.31 Å². The van der Waals surface area contributed by atoms with Crippen molar-refractivity contribution in [3.05, 3.63) is 59.3 Å². The smallest absolute Gasteiger partial charge is 0.233 e. The average molecular weight is 353 g/mol. The molecule has 0 bridgehead atoms. The van der Waals surface area contributed by atoms with Gasteiger partial charge < -0.3 is 5.73 Å². The summed E-state index contributed by atoms with van der Waals surface area (Å²) in [5.74, 6) is -0.243. The molecular weight excluding hydrogens is 329 g/mol. The van der Waals surface area contributed by atoms with Crippen LogP contribution in [0, 0.1) is 11.7 Å². The minimum Gasteiger partial charge on any atom is -0.402 e. The van der Waals surface area contributed by atoms with Crippen LogP contribution in [0.4, 0.5) is 4.39 Å². The molecule has 0 aliphatic rings. The molecule has 0 radical (unpaired) electrons. The molecule has 0 aliphatic heterocycles. The van der Waals surface area contributed by atoms with E-state index in [0.717, 1.165) is 10.6 Å². The highest BCUT2D eigenvalue weighted by Crippen LogP contribution is 2.19. The molecule has 0 atom stereocenters. The summed E-state index contributed by atoms with van der Waals surface area (Å²) in [6.07, 6.45) is 1.07. The summed E-state index contributed by atoms with van der Waals surface area (Å²) in [6, 6.07) is 5.76. The van der Waals surface area contributed by atoms with Crippen LogP contribution in [0.1, 0.15) is 26.3 Å². The molecule has 1 aromatic carbocycles. The summed E-state index contributed by atoms with van der Waals surface area (Å²) in [5, 5.41) is 0. The topological polar surface area (TPSA) is 75.8 Å². The second kappa shape index (κ2) is 7.61. The first-order chi connectivity index (χ1) is 10.9. The maximum absolute atomic E-state index is 13.2. The fourth-order valence-corrected chi connectivity index (χ4v) is 2.36. The third-order valence-electron chi connectivity index (χ3n) is 3.63. The first-order valence-electron chi connectivity index (χ1n) is 7.39. The Bertz CT molecular complexity index is 779. The zero-order chi connectivity index (χ0) is 18.7. The molecule has 5 nitrogen and oxygen atoms in total. The summed E-state index contributed by atoms with van der Waals surface area (Å²) in [5.41, 5.74) is 8.53.